The van der Waals surface area contributed by atoms with Crippen molar-refractivity contribution < 1.29 is 25.7 Å². The molecule has 0 heterocycles. The summed E-state index contributed by atoms with van der Waals surface area (Å²) in [6.45, 7) is 0. The number of sulfonamides is 1. The molecule has 0 bridgehead atoms. The maximum atomic E-state index is 15.0. The van der Waals surface area contributed by atoms with Gasteiger partial charge in [-0.1, -0.05) is 272 Å². The molecule has 0 aliphatic carbocycles. The Morgan fingerprint density at radius 3 is 0.940 bits per heavy atom. The van der Waals surface area contributed by atoms with Gasteiger partial charge in [-0.05, 0) is 47.1 Å². The molecule has 2 unspecified atom stereocenters. The molecule has 0 aliphatic rings. The van der Waals surface area contributed by atoms with E-state index in [4.69, 9.17) is 4.72 Å². The maximum Gasteiger partial charge on any atom is 0.179 e. The Bertz CT molecular complexity index is 2680. The number of hydrogen-bond donors (Lipinski definition) is 0. The first-order chi connectivity index (χ1) is 32.4. The van der Waals surface area contributed by atoms with Gasteiger partial charge in [-0.3, -0.25) is 0 Å². The van der Waals surface area contributed by atoms with Crippen molar-refractivity contribution in [3.8, 4) is 0 Å². The molecule has 9 rings (SSSR count). The molecule has 0 aliphatic heterocycles. The van der Waals surface area contributed by atoms with Gasteiger partial charge in [0.05, 0.1) is 15.8 Å². The van der Waals surface area contributed by atoms with Gasteiger partial charge >= 0.3 is 27.0 Å². The van der Waals surface area contributed by atoms with E-state index in [1.807, 2.05) is 78.0 Å². The maximum absolute atomic E-state index is 15.0. The van der Waals surface area contributed by atoms with Gasteiger partial charge in [-0.15, -0.1) is 12.1 Å². The van der Waals surface area contributed by atoms with Crippen molar-refractivity contribution in [3.05, 3.63) is 295 Å². The Morgan fingerprint density at radius 1 is 0.403 bits per heavy atom. The van der Waals surface area contributed by atoms with E-state index in [1.54, 1.807) is 0 Å². The molecule has 0 amide bonds. The average molecular weight is 1030 g/mol. The summed E-state index contributed by atoms with van der Waals surface area (Å²) in [5, 5.41) is 9.33. The summed E-state index contributed by atoms with van der Waals surface area (Å²) in [4.78, 5) is 0. The second-order valence-corrected chi connectivity index (χ2v) is 25.5. The van der Waals surface area contributed by atoms with Crippen LogP contribution in [-0.2, 0) is 33.1 Å². The van der Waals surface area contributed by atoms with Gasteiger partial charge in [0.2, 0.25) is 0 Å². The predicted molar refractivity (Wildman–Crippen MR) is 285 cm³/mol. The van der Waals surface area contributed by atoms with Crippen LogP contribution in [0.1, 0.15) is 28.8 Å². The molecule has 0 fully saturated rings. The van der Waals surface area contributed by atoms with Crippen LogP contribution in [-0.4, -0.2) is 24.6 Å². The minimum Gasteiger partial charge on any atom is -0.672 e. The number of rotatable bonds is 15. The third kappa shape index (κ3) is 10.4. The smallest absolute Gasteiger partial charge is 0.179 e. The topological polar surface area (TPSA) is 72.0 Å². The number of nitrogens with zero attached hydrogens (tertiary/aromatic N) is 1. The summed E-state index contributed by atoms with van der Waals surface area (Å²) in [6, 6.07) is 88.2. The number of halogens is 1. The summed E-state index contributed by atoms with van der Waals surface area (Å²) in [5.74, 6) is -0.343. The Hall–Kier alpha value is -5.80. The van der Waals surface area contributed by atoms with Gasteiger partial charge in [0, 0.05) is 0 Å². The van der Waals surface area contributed by atoms with Crippen LogP contribution in [0.25, 0.3) is 10.5 Å². The molecular formula is C58H51ClN2O2RuSSi2. The summed E-state index contributed by atoms with van der Waals surface area (Å²) >= 11 is 1.82. The second kappa shape index (κ2) is 22.8. The normalized spacial score (nSPS) is 12.4. The molecule has 0 saturated carbocycles. The van der Waals surface area contributed by atoms with E-state index in [1.165, 1.54) is 31.1 Å². The van der Waals surface area contributed by atoms with Crippen molar-refractivity contribution in [1.82, 2.24) is 0 Å². The van der Waals surface area contributed by atoms with Crippen LogP contribution in [0.15, 0.2) is 261 Å². The summed E-state index contributed by atoms with van der Waals surface area (Å²) in [5.41, 5.74) is 11.5. The van der Waals surface area contributed by atoms with Gasteiger partial charge in [-0.25, -0.2) is 8.42 Å². The van der Waals surface area contributed by atoms with Crippen LogP contribution in [0.5, 0.6) is 0 Å². The van der Waals surface area contributed by atoms with Crippen molar-refractivity contribution in [2.45, 2.75) is 17.8 Å². The largest absolute Gasteiger partial charge is 0.672 e. The minimum atomic E-state index is -4.21. The molecule has 9 aromatic rings. The first kappa shape index (κ1) is 49.1. The van der Waals surface area contributed by atoms with Crippen molar-refractivity contribution in [2.75, 3.05) is 0 Å². The summed E-state index contributed by atoms with van der Waals surface area (Å²) in [7, 11) is -6.04. The van der Waals surface area contributed by atoms with E-state index in [2.05, 4.69) is 210 Å². The molecular weight excluding hydrogens is 981 g/mol. The molecule has 67 heavy (non-hydrogen) atoms. The van der Waals surface area contributed by atoms with Crippen molar-refractivity contribution >= 4 is 77.4 Å². The van der Waals surface area contributed by atoms with Crippen LogP contribution < -0.4 is 41.5 Å². The molecule has 4 nitrogen and oxygen atoms in total. The Labute approximate surface area is 413 Å². The standard InChI is InChI=1S/C57H48N2O2SSi2.CH3.ClH.Ru/c58-56(46-25-9-1-10-26-46)57(47-27-11-2-12-28-47)59-62(60,61)44-45-41-54(63(48-29-13-3-14-30-48,49-31-15-4-16-32-49)50-33-17-5-18-34-50)43-55(42-45)64(51-35-19-6-20-36-51,52-37-21-7-22-38-52)53-39-23-8-24-40-53;;;/h1-43,56-58H,44H2;1H3;1H;/q-2;-1;;+4/p-1. The zero-order valence-electron chi connectivity index (χ0n) is 37.1. The Balaban J connectivity index is 0.00000219. The van der Waals surface area contributed by atoms with Crippen LogP contribution in [0.3, 0.4) is 0 Å². The summed E-state index contributed by atoms with van der Waals surface area (Å²) < 4.78 is 34.8. The molecule has 9 aromatic carbocycles. The monoisotopic (exact) mass is 1030 g/mol. The number of benzene rings is 9. The minimum absolute atomic E-state index is 0. The zero-order valence-corrected chi connectivity index (χ0v) is 42.4. The summed E-state index contributed by atoms with van der Waals surface area (Å²) in [6.07, 6.45) is 0. The third-order valence-electron chi connectivity index (χ3n) is 12.3. The van der Waals surface area contributed by atoms with Gasteiger partial charge in [-0.2, -0.15) is 0 Å². The predicted octanol–water partition coefficient (Wildman–Crippen LogP) is 9.32. The van der Waals surface area contributed by atoms with E-state index >= 15 is 8.42 Å². The van der Waals surface area contributed by atoms with Crippen LogP contribution in [0, 0.1) is 7.43 Å². The van der Waals surface area contributed by atoms with E-state index in [-0.39, 0.29) is 13.2 Å². The van der Waals surface area contributed by atoms with Gasteiger partial charge < -0.3 is 17.9 Å². The second-order valence-electron chi connectivity index (χ2n) is 16.2. The van der Waals surface area contributed by atoms with Crippen LogP contribution >= 0.6 is 9.69 Å². The first-order valence-electron chi connectivity index (χ1n) is 21.8. The molecule has 334 valence electrons. The van der Waals surface area contributed by atoms with Gasteiger partial charge in [0.25, 0.3) is 0 Å². The first-order valence-corrected chi connectivity index (χ1v) is 29.6. The van der Waals surface area contributed by atoms with E-state index < -0.39 is 38.3 Å². The Morgan fingerprint density at radius 2 is 0.657 bits per heavy atom. The molecule has 9 heteroatoms. The molecule has 0 radical (unpaired) electrons. The van der Waals surface area contributed by atoms with Crippen LogP contribution in [0.2, 0.25) is 0 Å². The third-order valence-corrected chi connectivity index (χ3v) is 23.1. The molecule has 2 atom stereocenters. The fourth-order valence-corrected chi connectivity index (χ4v) is 20.7. The van der Waals surface area contributed by atoms with Crippen molar-refractivity contribution in [3.63, 3.8) is 0 Å². The quantitative estimate of drug-likeness (QED) is 0.0584. The molecule has 0 saturated heterocycles. The number of nitrogens with one attached hydrogen (secondary N) is 1. The van der Waals surface area contributed by atoms with Crippen molar-refractivity contribution in [1.29, 1.82) is 0 Å². The van der Waals surface area contributed by atoms with E-state index in [0.29, 0.717) is 16.7 Å². The molecule has 1 N–H and O–H groups in total. The number of hydrogen-bond acceptors (Lipinski definition) is 2. The Kier molecular flexibility index (Phi) is 16.7. The fraction of sp³-hybridized carbons (Fsp3) is 0.0517. The molecule has 0 aromatic heterocycles. The fourth-order valence-electron chi connectivity index (χ4n) is 9.57. The van der Waals surface area contributed by atoms with Gasteiger partial charge in [0.1, 0.15) is 0 Å². The van der Waals surface area contributed by atoms with Crippen LogP contribution in [0.4, 0.5) is 0 Å². The molecule has 0 spiro atoms. The average Bonchev–Trinajstić information content (AvgIpc) is 3.39. The SMILES string of the molecule is [CH3-].[Cl][Ru+3].[NH-]C(c1ccccc1)C([N-]S(=O)(=O)Cc1cc([Si](c2ccccc2)(c2ccccc2)c2ccccc2)cc([Si](c2ccccc2)(c2ccccc2)c2ccccc2)c1)c1ccccc1. The van der Waals surface area contributed by atoms with E-state index in [0.717, 1.165) is 10.4 Å². The zero-order chi connectivity index (χ0) is 45.8. The van der Waals surface area contributed by atoms with Crippen molar-refractivity contribution in [2.24, 2.45) is 0 Å². The van der Waals surface area contributed by atoms with E-state index in [9.17, 15) is 5.73 Å². The van der Waals surface area contributed by atoms with Gasteiger partial charge in [0.15, 0.2) is 16.1 Å².